The molecule has 5 heteroatoms. The van der Waals surface area contributed by atoms with Crippen molar-refractivity contribution in [3.05, 3.63) is 0 Å². The third-order valence-electron chi connectivity index (χ3n) is 2.36. The SMILES string of the molecule is CC1C(CN)OC(O)(CO)C1O. The van der Waals surface area contributed by atoms with Gasteiger partial charge in [-0.05, 0) is 0 Å². The zero-order chi connectivity index (χ0) is 9.35. The molecular weight excluding hydrogens is 162 g/mol. The standard InChI is InChI=1S/C7H15NO4/c1-4-5(2-8)12-7(11,3-9)6(4)10/h4-6,9-11H,2-3,8H2,1H3. The van der Waals surface area contributed by atoms with Gasteiger partial charge in [0.2, 0.25) is 5.79 Å². The van der Waals surface area contributed by atoms with Gasteiger partial charge < -0.3 is 25.8 Å². The summed E-state index contributed by atoms with van der Waals surface area (Å²) in [6, 6.07) is 0. The molecule has 1 saturated heterocycles. The maximum atomic E-state index is 9.46. The number of hydrogen-bond donors (Lipinski definition) is 4. The molecule has 0 radical (unpaired) electrons. The second kappa shape index (κ2) is 3.27. The van der Waals surface area contributed by atoms with Crippen molar-refractivity contribution in [2.45, 2.75) is 24.9 Å². The van der Waals surface area contributed by atoms with Crippen molar-refractivity contribution < 1.29 is 20.1 Å². The summed E-state index contributed by atoms with van der Waals surface area (Å²) in [5.41, 5.74) is 5.33. The molecule has 1 fully saturated rings. The van der Waals surface area contributed by atoms with E-state index in [1.54, 1.807) is 6.92 Å². The molecular formula is C7H15NO4. The number of nitrogens with two attached hydrogens (primary N) is 1. The fourth-order valence-electron chi connectivity index (χ4n) is 1.45. The van der Waals surface area contributed by atoms with Gasteiger partial charge in [0.1, 0.15) is 6.10 Å². The summed E-state index contributed by atoms with van der Waals surface area (Å²) in [7, 11) is 0. The van der Waals surface area contributed by atoms with Gasteiger partial charge in [-0.2, -0.15) is 0 Å². The van der Waals surface area contributed by atoms with Crippen LogP contribution in [0.4, 0.5) is 0 Å². The number of hydrogen-bond acceptors (Lipinski definition) is 5. The first kappa shape index (κ1) is 9.88. The van der Waals surface area contributed by atoms with Gasteiger partial charge in [-0.25, -0.2) is 0 Å². The van der Waals surface area contributed by atoms with Crippen LogP contribution in [0.1, 0.15) is 6.92 Å². The van der Waals surface area contributed by atoms with E-state index < -0.39 is 24.6 Å². The Morgan fingerprint density at radius 2 is 2.17 bits per heavy atom. The average Bonchev–Trinajstić information content (AvgIpc) is 2.31. The Morgan fingerprint density at radius 3 is 2.42 bits per heavy atom. The van der Waals surface area contributed by atoms with Crippen molar-refractivity contribution in [3.63, 3.8) is 0 Å². The van der Waals surface area contributed by atoms with Crippen LogP contribution in [0, 0.1) is 5.92 Å². The molecule has 4 unspecified atom stereocenters. The summed E-state index contributed by atoms with van der Waals surface area (Å²) in [4.78, 5) is 0. The van der Waals surface area contributed by atoms with E-state index in [1.165, 1.54) is 0 Å². The summed E-state index contributed by atoms with van der Waals surface area (Å²) in [5.74, 6) is -2.09. The predicted molar refractivity (Wildman–Crippen MR) is 41.1 cm³/mol. The van der Waals surface area contributed by atoms with Crippen LogP contribution in [0.25, 0.3) is 0 Å². The smallest absolute Gasteiger partial charge is 0.216 e. The van der Waals surface area contributed by atoms with Crippen LogP contribution >= 0.6 is 0 Å². The average molecular weight is 177 g/mol. The third kappa shape index (κ3) is 1.34. The lowest BCUT2D eigenvalue weighted by Gasteiger charge is -2.23. The van der Waals surface area contributed by atoms with Crippen molar-refractivity contribution in [2.24, 2.45) is 11.7 Å². The Bertz CT molecular complexity index is 165. The zero-order valence-corrected chi connectivity index (χ0v) is 6.97. The highest BCUT2D eigenvalue weighted by molar-refractivity contribution is 4.93. The third-order valence-corrected chi connectivity index (χ3v) is 2.36. The van der Waals surface area contributed by atoms with E-state index in [-0.39, 0.29) is 12.5 Å². The Kier molecular flexibility index (Phi) is 2.70. The lowest BCUT2D eigenvalue weighted by molar-refractivity contribution is -0.244. The summed E-state index contributed by atoms with van der Waals surface area (Å²) < 4.78 is 5.00. The molecule has 0 bridgehead atoms. The topological polar surface area (TPSA) is 95.9 Å². The van der Waals surface area contributed by atoms with Gasteiger partial charge in [0.15, 0.2) is 0 Å². The van der Waals surface area contributed by atoms with E-state index in [0.717, 1.165) is 0 Å². The quantitative estimate of drug-likeness (QED) is 0.392. The molecule has 0 spiro atoms. The Morgan fingerprint density at radius 1 is 1.58 bits per heavy atom. The van der Waals surface area contributed by atoms with Crippen LogP contribution in [0.15, 0.2) is 0 Å². The van der Waals surface area contributed by atoms with Crippen molar-refractivity contribution in [1.82, 2.24) is 0 Å². The monoisotopic (exact) mass is 177 g/mol. The molecule has 0 aromatic rings. The molecule has 1 aliphatic rings. The van der Waals surface area contributed by atoms with E-state index in [2.05, 4.69) is 0 Å². The number of aliphatic hydroxyl groups excluding tert-OH is 2. The zero-order valence-electron chi connectivity index (χ0n) is 6.97. The number of ether oxygens (including phenoxy) is 1. The largest absolute Gasteiger partial charge is 0.391 e. The first-order valence-electron chi connectivity index (χ1n) is 3.94. The molecule has 0 saturated carbocycles. The minimum Gasteiger partial charge on any atom is -0.391 e. The molecule has 0 aromatic carbocycles. The molecule has 5 nitrogen and oxygen atoms in total. The van der Waals surface area contributed by atoms with E-state index in [0.29, 0.717) is 0 Å². The fourth-order valence-corrected chi connectivity index (χ4v) is 1.45. The van der Waals surface area contributed by atoms with Crippen LogP contribution < -0.4 is 5.73 Å². The van der Waals surface area contributed by atoms with Crippen LogP contribution in [0.5, 0.6) is 0 Å². The minimum atomic E-state index is -1.83. The Balaban J connectivity index is 2.72. The van der Waals surface area contributed by atoms with Gasteiger partial charge in [0.25, 0.3) is 0 Å². The van der Waals surface area contributed by atoms with Gasteiger partial charge in [-0.3, -0.25) is 0 Å². The van der Waals surface area contributed by atoms with Crippen LogP contribution in [-0.2, 0) is 4.74 Å². The van der Waals surface area contributed by atoms with Gasteiger partial charge in [0.05, 0.1) is 12.7 Å². The Hall–Kier alpha value is -0.200. The molecule has 4 atom stereocenters. The maximum Gasteiger partial charge on any atom is 0.216 e. The second-order valence-electron chi connectivity index (χ2n) is 3.20. The molecule has 1 aliphatic heterocycles. The lowest BCUT2D eigenvalue weighted by Crippen LogP contribution is -2.44. The van der Waals surface area contributed by atoms with Crippen molar-refractivity contribution in [3.8, 4) is 0 Å². The first-order valence-corrected chi connectivity index (χ1v) is 3.94. The number of aliphatic hydroxyl groups is 3. The highest BCUT2D eigenvalue weighted by atomic mass is 16.7. The Labute approximate surface area is 70.8 Å². The van der Waals surface area contributed by atoms with Gasteiger partial charge in [-0.1, -0.05) is 6.92 Å². The van der Waals surface area contributed by atoms with Gasteiger partial charge in [0, 0.05) is 12.5 Å². The molecule has 5 N–H and O–H groups in total. The molecule has 12 heavy (non-hydrogen) atoms. The highest BCUT2D eigenvalue weighted by Crippen LogP contribution is 2.32. The highest BCUT2D eigenvalue weighted by Gasteiger charge is 2.50. The minimum absolute atomic E-state index is 0.223. The molecule has 1 heterocycles. The van der Waals surface area contributed by atoms with Crippen molar-refractivity contribution >= 4 is 0 Å². The van der Waals surface area contributed by atoms with Crippen LogP contribution in [0.2, 0.25) is 0 Å². The van der Waals surface area contributed by atoms with Gasteiger partial charge >= 0.3 is 0 Å². The van der Waals surface area contributed by atoms with Gasteiger partial charge in [-0.15, -0.1) is 0 Å². The van der Waals surface area contributed by atoms with E-state index >= 15 is 0 Å². The molecule has 0 aliphatic carbocycles. The summed E-state index contributed by atoms with van der Waals surface area (Å²) in [6.45, 7) is 1.32. The predicted octanol–water partition coefficient (Wildman–Crippen LogP) is -1.98. The molecule has 72 valence electrons. The fraction of sp³-hybridized carbons (Fsp3) is 1.00. The lowest BCUT2D eigenvalue weighted by atomic mass is 9.97. The molecule has 0 amide bonds. The maximum absolute atomic E-state index is 9.46. The normalized spacial score (nSPS) is 48.2. The first-order chi connectivity index (χ1) is 5.55. The summed E-state index contributed by atoms with van der Waals surface area (Å²) in [5, 5.41) is 27.6. The van der Waals surface area contributed by atoms with Crippen LogP contribution in [0.3, 0.4) is 0 Å². The van der Waals surface area contributed by atoms with Crippen molar-refractivity contribution in [1.29, 1.82) is 0 Å². The van der Waals surface area contributed by atoms with E-state index in [9.17, 15) is 10.2 Å². The van der Waals surface area contributed by atoms with Crippen molar-refractivity contribution in [2.75, 3.05) is 13.2 Å². The molecule has 0 aromatic heterocycles. The second-order valence-corrected chi connectivity index (χ2v) is 3.20. The van der Waals surface area contributed by atoms with E-state index in [4.69, 9.17) is 15.6 Å². The number of rotatable bonds is 2. The van der Waals surface area contributed by atoms with Crippen LogP contribution in [-0.4, -0.2) is 46.5 Å². The molecule has 1 rings (SSSR count). The van der Waals surface area contributed by atoms with E-state index in [1.807, 2.05) is 0 Å². The summed E-state index contributed by atoms with van der Waals surface area (Å²) in [6.07, 6.45) is -1.46. The summed E-state index contributed by atoms with van der Waals surface area (Å²) >= 11 is 0.